The second-order valence-electron chi connectivity index (χ2n) is 17.6. The van der Waals surface area contributed by atoms with Crippen LogP contribution in [-0.2, 0) is 60.7 Å². The Bertz CT molecular complexity index is 4760. The first-order valence-electron chi connectivity index (χ1n) is 23.5. The normalized spacial score (nSPS) is 12.6. The maximum absolute atomic E-state index is 14.7. The number of anilines is 8. The summed E-state index contributed by atoms with van der Waals surface area (Å²) in [7, 11) is -31.4. The molecule has 0 aliphatic carbocycles. The first-order chi connectivity index (χ1) is 41.3. The van der Waals surface area contributed by atoms with Crippen LogP contribution in [0.2, 0.25) is 0 Å². The van der Waals surface area contributed by atoms with Crippen molar-refractivity contribution in [2.75, 3.05) is 45.0 Å². The van der Waals surface area contributed by atoms with Gasteiger partial charge in [0.25, 0.3) is 60.7 Å². The van der Waals surface area contributed by atoms with Crippen LogP contribution in [0, 0.1) is 12.2 Å². The summed E-state index contributed by atoms with van der Waals surface area (Å²) in [5, 5.41) is 28.3. The quantitative estimate of drug-likeness (QED) is 0.0231. The van der Waals surface area contributed by atoms with Crippen molar-refractivity contribution in [3.63, 3.8) is 0 Å². The number of aromatic nitrogens is 6. The number of hydrogen-bond donors (Lipinski definition) is 14. The average molecular weight is 1360 g/mol. The highest BCUT2D eigenvalue weighted by Crippen LogP contribution is 2.40. The fourth-order valence-electron chi connectivity index (χ4n) is 7.73. The van der Waals surface area contributed by atoms with E-state index in [4.69, 9.17) is 11.5 Å². The van der Waals surface area contributed by atoms with Crippen molar-refractivity contribution in [2.24, 2.45) is 31.9 Å². The Morgan fingerprint density at radius 3 is 1.08 bits per heavy atom. The lowest BCUT2D eigenvalue weighted by Crippen LogP contribution is -2.19. The molecule has 6 aromatic carbocycles. The topological polar surface area (TPSA) is 611 Å². The van der Waals surface area contributed by atoms with Gasteiger partial charge in [-0.15, -0.1) is 20.5 Å². The Morgan fingerprint density at radius 1 is 0.416 bits per heavy atom. The molecule has 46 heteroatoms. The molecule has 468 valence electrons. The van der Waals surface area contributed by atoms with Crippen LogP contribution in [0.5, 0.6) is 0 Å². The van der Waals surface area contributed by atoms with Crippen LogP contribution < -0.4 is 43.4 Å². The van der Waals surface area contributed by atoms with Crippen molar-refractivity contribution in [3.8, 4) is 0 Å². The number of carbonyl (C=O) groups excluding carboxylic acids is 2. The van der Waals surface area contributed by atoms with E-state index in [1.54, 1.807) is 0 Å². The number of nitrogens with one attached hydrogen (secondary N) is 6. The molecule has 0 unspecified atom stereocenters. The highest BCUT2D eigenvalue weighted by Gasteiger charge is 2.27. The molecule has 38 nitrogen and oxygen atoms in total. The largest absolute Gasteiger partial charge is 0.354 e. The molecule has 8 rings (SSSR count). The van der Waals surface area contributed by atoms with E-state index in [0.29, 0.717) is 48.5 Å². The van der Waals surface area contributed by atoms with Gasteiger partial charge in [0.05, 0.1) is 21.2 Å². The minimum absolute atomic E-state index is 0.000989. The zero-order chi connectivity index (χ0) is 65.3. The lowest BCUT2D eigenvalue weighted by Gasteiger charge is -2.12. The maximum Gasteiger partial charge on any atom is 0.316 e. The van der Waals surface area contributed by atoms with Crippen LogP contribution in [0.25, 0.3) is 21.5 Å². The molecule has 8 aromatic rings. The van der Waals surface area contributed by atoms with Crippen LogP contribution >= 0.6 is 0 Å². The highest BCUT2D eigenvalue weighted by atomic mass is 32.2. The number of halogens is 2. The SMILES string of the molecule is NC(=O)Nc1cc(Nc2nc(F)nc(NCCCNc3nc(F)nc(Nc4ccc(N=Nc5cc6c(S(=O)(=O)O)cc(S(=O)(=O)O)cc6cc5S(=O)(=O)O)c(NC(N)=O)c4)n3)n2)ccc1N=Nc1cc2c(S(=O)(=O)O)cc(S(=O)(=O)O)cc2cc1S(=O)(=O)O. The Morgan fingerprint density at radius 2 is 0.753 bits per heavy atom. The molecule has 4 amide bonds. The van der Waals surface area contributed by atoms with Gasteiger partial charge in [-0.25, -0.2) is 9.59 Å². The molecule has 2 heterocycles. The first-order valence-corrected chi connectivity index (χ1v) is 32.1. The number of rotatable bonds is 22. The van der Waals surface area contributed by atoms with Crippen molar-refractivity contribution in [2.45, 2.75) is 35.8 Å². The Hall–Kier alpha value is -9.88. The maximum atomic E-state index is 14.7. The highest BCUT2D eigenvalue weighted by molar-refractivity contribution is 7.87. The summed E-state index contributed by atoms with van der Waals surface area (Å²) in [5.41, 5.74) is 7.99. The molecule has 89 heavy (non-hydrogen) atoms. The number of nitrogens with zero attached hydrogens (tertiary/aromatic N) is 10. The summed E-state index contributed by atoms with van der Waals surface area (Å²) in [6, 6.07) is 9.24. The third kappa shape index (κ3) is 16.4. The lowest BCUT2D eigenvalue weighted by molar-refractivity contribution is 0.258. The van der Waals surface area contributed by atoms with Crippen molar-refractivity contribution in [1.82, 2.24) is 29.9 Å². The number of nitrogens with two attached hydrogens (primary N) is 2. The second kappa shape index (κ2) is 24.7. The summed E-state index contributed by atoms with van der Waals surface area (Å²) in [6.45, 7) is 0.00198. The molecule has 0 fully saturated rings. The second-order valence-corrected chi connectivity index (χ2v) is 26.0. The lowest BCUT2D eigenvalue weighted by atomic mass is 10.1. The van der Waals surface area contributed by atoms with Gasteiger partial charge in [0.1, 0.15) is 42.3 Å². The fourth-order valence-corrected chi connectivity index (χ4v) is 11.7. The summed E-state index contributed by atoms with van der Waals surface area (Å²) >= 11 is 0. The van der Waals surface area contributed by atoms with E-state index >= 15 is 0 Å². The van der Waals surface area contributed by atoms with Crippen LogP contribution in [-0.4, -0.2) is 133 Å². The number of benzene rings is 6. The zero-order valence-corrected chi connectivity index (χ0v) is 48.3. The smallest absolute Gasteiger partial charge is 0.316 e. The molecular weight excluding hydrogens is 1320 g/mol. The van der Waals surface area contributed by atoms with Crippen LogP contribution in [0.15, 0.2) is 135 Å². The molecule has 0 radical (unpaired) electrons. The number of amides is 4. The predicted molar refractivity (Wildman–Crippen MR) is 302 cm³/mol. The van der Waals surface area contributed by atoms with Crippen molar-refractivity contribution in [3.05, 3.63) is 97.1 Å². The van der Waals surface area contributed by atoms with Crippen molar-refractivity contribution in [1.29, 1.82) is 0 Å². The van der Waals surface area contributed by atoms with E-state index in [2.05, 4.69) is 82.3 Å². The molecule has 0 saturated carbocycles. The number of azo groups is 2. The first kappa shape index (κ1) is 65.1. The number of fused-ring (bicyclic) bond motifs is 2. The van der Waals surface area contributed by atoms with Gasteiger partial charge in [0.15, 0.2) is 0 Å². The average Bonchev–Trinajstić information content (AvgIpc) is 1.46. The third-order valence-electron chi connectivity index (χ3n) is 11.3. The van der Waals surface area contributed by atoms with Crippen LogP contribution in [0.4, 0.5) is 87.7 Å². The Kier molecular flexibility index (Phi) is 18.1. The minimum atomic E-state index is -5.28. The number of urea groups is 2. The molecule has 0 bridgehead atoms. The van der Waals surface area contributed by atoms with E-state index in [1.165, 1.54) is 12.1 Å². The Balaban J connectivity index is 0.939. The van der Waals surface area contributed by atoms with E-state index in [9.17, 15) is 96.2 Å². The summed E-state index contributed by atoms with van der Waals surface area (Å²) < 4.78 is 234. The molecular formula is C43H36F2N18O20S6. The molecule has 2 aromatic heterocycles. The van der Waals surface area contributed by atoms with Gasteiger partial charge >= 0.3 is 24.2 Å². The molecule has 0 saturated heterocycles. The number of hydrogen-bond acceptors (Lipinski definition) is 28. The van der Waals surface area contributed by atoms with Gasteiger partial charge in [-0.3, -0.25) is 27.3 Å². The van der Waals surface area contributed by atoms with Crippen molar-refractivity contribution >= 4 is 164 Å². The molecule has 0 aliphatic heterocycles. The van der Waals surface area contributed by atoms with Gasteiger partial charge in [0, 0.05) is 35.2 Å². The van der Waals surface area contributed by atoms with E-state index in [-0.39, 0.29) is 65.5 Å². The third-order valence-corrected chi connectivity index (χ3v) is 16.5. The van der Waals surface area contributed by atoms with E-state index in [0.717, 1.165) is 24.3 Å². The van der Waals surface area contributed by atoms with Gasteiger partial charge in [-0.2, -0.15) is 89.2 Å². The van der Waals surface area contributed by atoms with Crippen molar-refractivity contribution < 1.29 is 96.2 Å². The van der Waals surface area contributed by atoms with Gasteiger partial charge in [-0.1, -0.05) is 0 Å². The number of carbonyl (C=O) groups is 2. The minimum Gasteiger partial charge on any atom is -0.354 e. The standard InChI is InChI=1S/C43H36F2N18O20S6/c44-36-54-40(58-42(56-36)50-20-2-4-26(28(12-20)52-38(46)64)60-62-30-16-24-18(10-34(30)88(78,79)80)8-22(84(66,67)68)14-32(24)86(72,73)74)48-6-1-7-49-41-55-37(45)57-43(59-41)51-21-3-5-27(29(13-21)53-39(47)65)61-63-31-17-25-19(11-35(31)89(81,82)83)9-23(85(69,70)71)15-33(25)87(75,76)77/h2-5,8-17H,1,6-7H2,(H3,46,52,64)(H3,47,53,65)(H,66,67,68)(H,69,70,71)(H,72,73,74)(H,75,76,77)(H,78,79,80)(H,81,82,83)(H2,48,50,54,56,58)(H2,49,51,55,57,59). The van der Waals surface area contributed by atoms with Gasteiger partial charge < -0.3 is 43.4 Å². The molecule has 0 atom stereocenters. The summed E-state index contributed by atoms with van der Waals surface area (Å²) in [4.78, 5) is 39.9. The molecule has 16 N–H and O–H groups in total. The van der Waals surface area contributed by atoms with E-state index < -0.39 is 159 Å². The summed E-state index contributed by atoms with van der Waals surface area (Å²) in [5.74, 6) is -1.49. The zero-order valence-electron chi connectivity index (χ0n) is 43.4. The monoisotopic (exact) mass is 1350 g/mol. The van der Waals surface area contributed by atoms with Crippen LogP contribution in [0.3, 0.4) is 0 Å². The molecule has 0 spiro atoms. The number of primary amides is 2. The predicted octanol–water partition coefficient (Wildman–Crippen LogP) is 5.33. The van der Waals surface area contributed by atoms with E-state index in [1.807, 2.05) is 0 Å². The summed E-state index contributed by atoms with van der Waals surface area (Å²) in [6.07, 6.45) is -2.43. The van der Waals surface area contributed by atoms with Gasteiger partial charge in [-0.05, 0) is 102 Å². The fraction of sp³-hybridized carbons (Fsp3) is 0.0698. The van der Waals surface area contributed by atoms with Crippen LogP contribution in [0.1, 0.15) is 6.42 Å². The molecule has 0 aliphatic rings. The Labute approximate surface area is 497 Å². The van der Waals surface area contributed by atoms with Gasteiger partial charge in [0.2, 0.25) is 23.8 Å².